The molecule has 1 heterocycles. The average Bonchev–Trinajstić information content (AvgIpc) is 2.41. The van der Waals surface area contributed by atoms with Crippen molar-refractivity contribution in [3.8, 4) is 0 Å². The van der Waals surface area contributed by atoms with E-state index in [-0.39, 0.29) is 5.91 Å². The molecule has 2 aromatic rings. The number of pyridine rings is 1. The number of halogens is 2. The third-order valence-electron chi connectivity index (χ3n) is 2.64. The molecule has 0 saturated heterocycles. The van der Waals surface area contributed by atoms with E-state index in [1.54, 1.807) is 25.4 Å². The maximum atomic E-state index is 13.4. The second-order valence-corrected chi connectivity index (χ2v) is 5.40. The van der Waals surface area contributed by atoms with Gasteiger partial charge in [0.25, 0.3) is 0 Å². The maximum Gasteiger partial charge on any atom is 0.241 e. The molecule has 2 rings (SSSR count). The van der Waals surface area contributed by atoms with Crippen molar-refractivity contribution in [2.75, 3.05) is 10.6 Å². The number of hydrogen-bond donors (Lipinski definition) is 3. The molecule has 110 valence electrons. The molecule has 1 aromatic carbocycles. The van der Waals surface area contributed by atoms with Crippen molar-refractivity contribution >= 4 is 38.9 Å². The molecule has 0 aliphatic rings. The molecule has 1 atom stereocenters. The van der Waals surface area contributed by atoms with Gasteiger partial charge in [-0.1, -0.05) is 0 Å². The van der Waals surface area contributed by atoms with Gasteiger partial charge in [0.2, 0.25) is 5.91 Å². The second kappa shape index (κ2) is 6.64. The Morgan fingerprint density at radius 1 is 1.33 bits per heavy atom. The summed E-state index contributed by atoms with van der Waals surface area (Å²) in [5.41, 5.74) is 7.04. The molecule has 5 nitrogen and oxygen atoms in total. The van der Waals surface area contributed by atoms with E-state index in [9.17, 15) is 9.18 Å². The van der Waals surface area contributed by atoms with Gasteiger partial charge in [-0.3, -0.25) is 9.78 Å². The minimum Gasteiger partial charge on any atom is -0.352 e. The third kappa shape index (κ3) is 4.24. The van der Waals surface area contributed by atoms with Crippen LogP contribution in [0.25, 0.3) is 0 Å². The van der Waals surface area contributed by atoms with Crippen LogP contribution in [0.3, 0.4) is 0 Å². The Morgan fingerprint density at radius 3 is 2.76 bits per heavy atom. The van der Waals surface area contributed by atoms with Gasteiger partial charge in [-0.15, -0.1) is 0 Å². The van der Waals surface area contributed by atoms with E-state index in [2.05, 4.69) is 31.5 Å². The normalized spacial score (nSPS) is 11.8. The second-order valence-electron chi connectivity index (χ2n) is 4.48. The molecule has 0 aliphatic carbocycles. The van der Waals surface area contributed by atoms with Crippen LogP contribution in [-0.4, -0.2) is 16.9 Å². The number of carbonyl (C=O) groups is 1. The van der Waals surface area contributed by atoms with E-state index in [4.69, 9.17) is 5.73 Å². The number of rotatable bonds is 4. The molecule has 0 bridgehead atoms. The van der Waals surface area contributed by atoms with Crippen LogP contribution in [0, 0.1) is 5.82 Å². The van der Waals surface area contributed by atoms with Gasteiger partial charge in [0.05, 0.1) is 29.3 Å². The van der Waals surface area contributed by atoms with Crippen molar-refractivity contribution in [1.82, 2.24) is 4.98 Å². The number of hydrogen-bond acceptors (Lipinski definition) is 4. The van der Waals surface area contributed by atoms with Gasteiger partial charge in [0, 0.05) is 10.7 Å². The number of nitrogens with one attached hydrogen (secondary N) is 2. The number of anilines is 3. The number of nitrogens with zero attached hydrogens (tertiary/aromatic N) is 1. The SMILES string of the molecule is C[C@H](N)C(=O)Nc1ccc(F)cc1Nc1cncc(Br)c1. The average molecular weight is 353 g/mol. The fourth-order valence-electron chi connectivity index (χ4n) is 1.61. The first-order valence-electron chi connectivity index (χ1n) is 6.19. The number of carbonyl (C=O) groups excluding carboxylic acids is 1. The zero-order valence-electron chi connectivity index (χ0n) is 11.2. The lowest BCUT2D eigenvalue weighted by atomic mass is 10.2. The number of amides is 1. The molecule has 4 N–H and O–H groups in total. The molecule has 0 spiro atoms. The van der Waals surface area contributed by atoms with Crippen LogP contribution in [0.4, 0.5) is 21.5 Å². The van der Waals surface area contributed by atoms with Crippen LogP contribution in [-0.2, 0) is 4.79 Å². The smallest absolute Gasteiger partial charge is 0.241 e. The zero-order valence-corrected chi connectivity index (χ0v) is 12.8. The lowest BCUT2D eigenvalue weighted by Gasteiger charge is -2.14. The van der Waals surface area contributed by atoms with Crippen molar-refractivity contribution < 1.29 is 9.18 Å². The van der Waals surface area contributed by atoms with Crippen LogP contribution >= 0.6 is 15.9 Å². The molecular weight excluding hydrogens is 339 g/mol. The number of aromatic nitrogens is 1. The molecule has 1 aromatic heterocycles. The van der Waals surface area contributed by atoms with Crippen molar-refractivity contribution in [1.29, 1.82) is 0 Å². The highest BCUT2D eigenvalue weighted by molar-refractivity contribution is 9.10. The summed E-state index contributed by atoms with van der Waals surface area (Å²) < 4.78 is 14.2. The van der Waals surface area contributed by atoms with Crippen LogP contribution in [0.15, 0.2) is 41.1 Å². The summed E-state index contributed by atoms with van der Waals surface area (Å²) in [4.78, 5) is 15.7. The van der Waals surface area contributed by atoms with Gasteiger partial charge in [-0.25, -0.2) is 4.39 Å². The Labute approximate surface area is 129 Å². The fourth-order valence-corrected chi connectivity index (χ4v) is 1.98. The molecule has 0 unspecified atom stereocenters. The van der Waals surface area contributed by atoms with Crippen molar-refractivity contribution in [3.05, 3.63) is 46.9 Å². The molecule has 21 heavy (non-hydrogen) atoms. The van der Waals surface area contributed by atoms with Crippen LogP contribution in [0.5, 0.6) is 0 Å². The van der Waals surface area contributed by atoms with E-state index in [1.165, 1.54) is 18.2 Å². The summed E-state index contributed by atoms with van der Waals surface area (Å²) in [6.45, 7) is 1.57. The molecule has 0 fully saturated rings. The highest BCUT2D eigenvalue weighted by Crippen LogP contribution is 2.27. The minimum atomic E-state index is -0.657. The quantitative estimate of drug-likeness (QED) is 0.790. The predicted molar refractivity (Wildman–Crippen MR) is 83.9 cm³/mol. The van der Waals surface area contributed by atoms with Crippen LogP contribution in [0.2, 0.25) is 0 Å². The number of benzene rings is 1. The lowest BCUT2D eigenvalue weighted by Crippen LogP contribution is -2.32. The van der Waals surface area contributed by atoms with Gasteiger partial charge in [-0.05, 0) is 47.1 Å². The summed E-state index contributed by atoms with van der Waals surface area (Å²) in [5.74, 6) is -0.767. The molecule has 0 saturated carbocycles. The van der Waals surface area contributed by atoms with Crippen LogP contribution < -0.4 is 16.4 Å². The van der Waals surface area contributed by atoms with Crippen molar-refractivity contribution in [3.63, 3.8) is 0 Å². The van der Waals surface area contributed by atoms with Gasteiger partial charge >= 0.3 is 0 Å². The zero-order chi connectivity index (χ0) is 15.4. The summed E-state index contributed by atoms with van der Waals surface area (Å²) in [5, 5.41) is 5.66. The van der Waals surface area contributed by atoms with E-state index in [0.29, 0.717) is 17.1 Å². The van der Waals surface area contributed by atoms with E-state index in [1.807, 2.05) is 0 Å². The number of nitrogens with two attached hydrogens (primary N) is 1. The first-order valence-corrected chi connectivity index (χ1v) is 6.98. The molecular formula is C14H14BrFN4O. The van der Waals surface area contributed by atoms with Gasteiger partial charge in [0.1, 0.15) is 5.82 Å². The lowest BCUT2D eigenvalue weighted by molar-refractivity contribution is -0.117. The standard InChI is InChI=1S/C14H14BrFN4O/c1-8(17)14(21)20-12-3-2-10(16)5-13(12)19-11-4-9(15)6-18-7-11/h2-8,19H,17H2,1H3,(H,20,21)/t8-/m0/s1. The molecule has 0 radical (unpaired) electrons. The molecule has 7 heteroatoms. The highest BCUT2D eigenvalue weighted by atomic mass is 79.9. The topological polar surface area (TPSA) is 80.0 Å². The van der Waals surface area contributed by atoms with Gasteiger partial charge < -0.3 is 16.4 Å². The molecule has 0 aliphatic heterocycles. The summed E-state index contributed by atoms with van der Waals surface area (Å²) in [6.07, 6.45) is 3.22. The Kier molecular flexibility index (Phi) is 4.87. The molecule has 1 amide bonds. The van der Waals surface area contributed by atoms with Gasteiger partial charge in [0.15, 0.2) is 0 Å². The third-order valence-corrected chi connectivity index (χ3v) is 3.07. The Bertz CT molecular complexity index is 663. The Morgan fingerprint density at radius 2 is 2.10 bits per heavy atom. The van der Waals surface area contributed by atoms with Crippen molar-refractivity contribution in [2.24, 2.45) is 5.73 Å². The van der Waals surface area contributed by atoms with E-state index >= 15 is 0 Å². The van der Waals surface area contributed by atoms with E-state index < -0.39 is 11.9 Å². The summed E-state index contributed by atoms with van der Waals surface area (Å²) in [7, 11) is 0. The fraction of sp³-hybridized carbons (Fsp3) is 0.143. The predicted octanol–water partition coefficient (Wildman–Crippen LogP) is 3.01. The summed E-state index contributed by atoms with van der Waals surface area (Å²) >= 11 is 3.30. The highest BCUT2D eigenvalue weighted by Gasteiger charge is 2.11. The first-order chi connectivity index (χ1) is 9.95. The maximum absolute atomic E-state index is 13.4. The van der Waals surface area contributed by atoms with Crippen molar-refractivity contribution in [2.45, 2.75) is 13.0 Å². The Hall–Kier alpha value is -1.99. The van der Waals surface area contributed by atoms with Crippen LogP contribution in [0.1, 0.15) is 6.92 Å². The first kappa shape index (κ1) is 15.4. The van der Waals surface area contributed by atoms with E-state index in [0.717, 1.165) is 4.47 Å². The van der Waals surface area contributed by atoms with Gasteiger partial charge in [-0.2, -0.15) is 0 Å². The minimum absolute atomic E-state index is 0.350. The summed E-state index contributed by atoms with van der Waals surface area (Å²) in [6, 6.07) is 5.16. The largest absolute Gasteiger partial charge is 0.352 e. The Balaban J connectivity index is 2.29. The monoisotopic (exact) mass is 352 g/mol.